The van der Waals surface area contributed by atoms with Gasteiger partial charge in [0.05, 0.1) is 23.0 Å². The van der Waals surface area contributed by atoms with Gasteiger partial charge in [0.25, 0.3) is 5.91 Å². The number of nitrogens with one attached hydrogen (secondary N) is 1. The second-order valence-electron chi connectivity index (χ2n) is 6.15. The van der Waals surface area contributed by atoms with Crippen LogP contribution in [0.2, 0.25) is 0 Å². The van der Waals surface area contributed by atoms with Crippen LogP contribution in [0.5, 0.6) is 0 Å². The standard InChI is InChI=1S/C22H15BrN2O4/c23-16-7-2-4-9-18(16)25-21(26)13-29-22(27)15-12-19(20-10-5-11-28-20)24-17-8-3-1-6-14(15)17/h1-12H,13H2,(H,25,26). The minimum Gasteiger partial charge on any atom is -0.463 e. The first kappa shape index (κ1) is 18.9. The highest BCUT2D eigenvalue weighted by Gasteiger charge is 2.17. The van der Waals surface area contributed by atoms with Crippen LogP contribution in [0.3, 0.4) is 0 Å². The van der Waals surface area contributed by atoms with Gasteiger partial charge >= 0.3 is 5.97 Å². The Bertz CT molecular complexity index is 1190. The molecule has 7 heteroatoms. The average Bonchev–Trinajstić information content (AvgIpc) is 3.28. The molecule has 2 heterocycles. The number of ether oxygens (including phenoxy) is 1. The van der Waals surface area contributed by atoms with Crippen LogP contribution in [-0.2, 0) is 9.53 Å². The number of pyridine rings is 1. The van der Waals surface area contributed by atoms with Crippen LogP contribution in [0, 0.1) is 0 Å². The number of furan rings is 1. The Balaban J connectivity index is 1.55. The van der Waals surface area contributed by atoms with E-state index in [0.717, 1.165) is 4.47 Å². The highest BCUT2D eigenvalue weighted by molar-refractivity contribution is 9.10. The van der Waals surface area contributed by atoms with Gasteiger partial charge in [-0.15, -0.1) is 0 Å². The molecule has 0 aliphatic rings. The molecule has 0 aliphatic carbocycles. The third-order valence-corrected chi connectivity index (χ3v) is 4.88. The second-order valence-corrected chi connectivity index (χ2v) is 7.01. The molecule has 0 radical (unpaired) electrons. The minimum absolute atomic E-state index is 0.315. The van der Waals surface area contributed by atoms with E-state index in [-0.39, 0.29) is 0 Å². The fraction of sp³-hybridized carbons (Fsp3) is 0.0455. The zero-order chi connectivity index (χ0) is 20.2. The third kappa shape index (κ3) is 4.20. The molecule has 2 aromatic heterocycles. The van der Waals surface area contributed by atoms with Gasteiger partial charge in [0.1, 0.15) is 5.69 Å². The van der Waals surface area contributed by atoms with Crippen LogP contribution in [0.1, 0.15) is 10.4 Å². The van der Waals surface area contributed by atoms with Gasteiger partial charge in [0.15, 0.2) is 12.4 Å². The van der Waals surface area contributed by atoms with Crippen molar-refractivity contribution >= 4 is 44.4 Å². The van der Waals surface area contributed by atoms with E-state index in [1.54, 1.807) is 48.5 Å². The zero-order valence-electron chi connectivity index (χ0n) is 15.1. The third-order valence-electron chi connectivity index (χ3n) is 4.19. The summed E-state index contributed by atoms with van der Waals surface area (Å²) in [6.45, 7) is -0.410. The first-order valence-electron chi connectivity index (χ1n) is 8.77. The Labute approximate surface area is 174 Å². The lowest BCUT2D eigenvalue weighted by molar-refractivity contribution is -0.119. The fourth-order valence-corrected chi connectivity index (χ4v) is 3.24. The van der Waals surface area contributed by atoms with E-state index in [9.17, 15) is 9.59 Å². The number of halogens is 1. The normalized spacial score (nSPS) is 10.7. The van der Waals surface area contributed by atoms with Gasteiger partial charge in [-0.3, -0.25) is 4.79 Å². The van der Waals surface area contributed by atoms with Crippen molar-refractivity contribution in [1.82, 2.24) is 4.98 Å². The van der Waals surface area contributed by atoms with Gasteiger partial charge in [0, 0.05) is 9.86 Å². The van der Waals surface area contributed by atoms with E-state index in [0.29, 0.717) is 33.6 Å². The smallest absolute Gasteiger partial charge is 0.339 e. The van der Waals surface area contributed by atoms with E-state index in [2.05, 4.69) is 26.2 Å². The lowest BCUT2D eigenvalue weighted by Gasteiger charge is -2.10. The van der Waals surface area contributed by atoms with Crippen molar-refractivity contribution in [3.8, 4) is 11.5 Å². The molecule has 0 fully saturated rings. The zero-order valence-corrected chi connectivity index (χ0v) is 16.7. The number of carbonyl (C=O) groups is 2. The van der Waals surface area contributed by atoms with Gasteiger partial charge in [0.2, 0.25) is 0 Å². The first-order valence-corrected chi connectivity index (χ1v) is 9.56. The number of amides is 1. The number of fused-ring (bicyclic) bond motifs is 1. The first-order chi connectivity index (χ1) is 14.1. The number of aromatic nitrogens is 1. The van der Waals surface area contributed by atoms with Crippen molar-refractivity contribution in [1.29, 1.82) is 0 Å². The highest BCUT2D eigenvalue weighted by Crippen LogP contribution is 2.26. The Morgan fingerprint density at radius 1 is 1.03 bits per heavy atom. The van der Waals surface area contributed by atoms with E-state index in [1.807, 2.05) is 18.2 Å². The van der Waals surface area contributed by atoms with E-state index in [1.165, 1.54) is 6.26 Å². The number of benzene rings is 2. The SMILES string of the molecule is O=C(COC(=O)c1cc(-c2ccco2)nc2ccccc12)Nc1ccccc1Br. The Morgan fingerprint density at radius 2 is 1.83 bits per heavy atom. The molecule has 0 atom stereocenters. The molecular weight excluding hydrogens is 436 g/mol. The van der Waals surface area contributed by atoms with Crippen LogP contribution in [0.15, 0.2) is 81.9 Å². The van der Waals surface area contributed by atoms with Crippen molar-refractivity contribution in [2.45, 2.75) is 0 Å². The van der Waals surface area contributed by atoms with E-state index in [4.69, 9.17) is 9.15 Å². The largest absolute Gasteiger partial charge is 0.463 e. The molecule has 0 bridgehead atoms. The summed E-state index contributed by atoms with van der Waals surface area (Å²) in [4.78, 5) is 29.5. The van der Waals surface area contributed by atoms with Crippen LogP contribution in [-0.4, -0.2) is 23.5 Å². The van der Waals surface area contributed by atoms with Crippen molar-refractivity contribution in [2.75, 3.05) is 11.9 Å². The molecular formula is C22H15BrN2O4. The quantitative estimate of drug-likeness (QED) is 0.430. The Hall–Kier alpha value is -3.45. The maximum Gasteiger partial charge on any atom is 0.339 e. The van der Waals surface area contributed by atoms with Gasteiger partial charge in [-0.1, -0.05) is 30.3 Å². The lowest BCUT2D eigenvalue weighted by atomic mass is 10.1. The molecule has 0 unspecified atom stereocenters. The number of carbonyl (C=O) groups excluding carboxylic acids is 2. The topological polar surface area (TPSA) is 81.4 Å². The van der Waals surface area contributed by atoms with Crippen LogP contribution in [0.25, 0.3) is 22.4 Å². The molecule has 0 spiro atoms. The molecule has 0 saturated heterocycles. The molecule has 29 heavy (non-hydrogen) atoms. The molecule has 144 valence electrons. The minimum atomic E-state index is -0.612. The number of nitrogens with zero attached hydrogens (tertiary/aromatic N) is 1. The average molecular weight is 451 g/mol. The molecule has 4 rings (SSSR count). The van der Waals surface area contributed by atoms with Crippen LogP contribution in [0.4, 0.5) is 5.69 Å². The van der Waals surface area contributed by atoms with E-state index >= 15 is 0 Å². The van der Waals surface area contributed by atoms with E-state index < -0.39 is 18.5 Å². The predicted molar refractivity (Wildman–Crippen MR) is 112 cm³/mol. The summed E-state index contributed by atoms with van der Waals surface area (Å²) >= 11 is 3.36. The molecule has 2 aromatic carbocycles. The van der Waals surface area contributed by atoms with Crippen molar-refractivity contribution in [3.05, 3.63) is 83.0 Å². The monoisotopic (exact) mass is 450 g/mol. The van der Waals surface area contributed by atoms with Gasteiger partial charge < -0.3 is 14.5 Å². The maximum absolute atomic E-state index is 12.7. The number of anilines is 1. The van der Waals surface area contributed by atoms with Crippen LogP contribution >= 0.6 is 15.9 Å². The van der Waals surface area contributed by atoms with Gasteiger partial charge in [-0.2, -0.15) is 0 Å². The number of hydrogen-bond acceptors (Lipinski definition) is 5. The van der Waals surface area contributed by atoms with Gasteiger partial charge in [-0.05, 0) is 52.3 Å². The summed E-state index contributed by atoms with van der Waals surface area (Å²) in [5, 5.41) is 3.34. The maximum atomic E-state index is 12.7. The number of esters is 1. The lowest BCUT2D eigenvalue weighted by Crippen LogP contribution is -2.21. The summed E-state index contributed by atoms with van der Waals surface area (Å²) in [5.74, 6) is -0.509. The molecule has 1 N–H and O–H groups in total. The number of hydrogen-bond donors (Lipinski definition) is 1. The summed E-state index contributed by atoms with van der Waals surface area (Å²) < 4.78 is 11.4. The van der Waals surface area contributed by atoms with Crippen molar-refractivity contribution < 1.29 is 18.7 Å². The molecule has 1 amide bonds. The summed E-state index contributed by atoms with van der Waals surface area (Å²) in [6, 6.07) is 19.5. The van der Waals surface area contributed by atoms with Crippen molar-refractivity contribution in [2.24, 2.45) is 0 Å². The number of rotatable bonds is 5. The summed E-state index contributed by atoms with van der Waals surface area (Å²) in [5.41, 5.74) is 2.06. The highest BCUT2D eigenvalue weighted by atomic mass is 79.9. The summed E-state index contributed by atoms with van der Waals surface area (Å²) in [7, 11) is 0. The molecule has 0 saturated carbocycles. The molecule has 4 aromatic rings. The van der Waals surface area contributed by atoms with Crippen molar-refractivity contribution in [3.63, 3.8) is 0 Å². The molecule has 6 nitrogen and oxygen atoms in total. The number of para-hydroxylation sites is 2. The van der Waals surface area contributed by atoms with Crippen LogP contribution < -0.4 is 5.32 Å². The fourth-order valence-electron chi connectivity index (χ4n) is 2.85. The van der Waals surface area contributed by atoms with Gasteiger partial charge in [-0.25, -0.2) is 9.78 Å². The predicted octanol–water partition coefficient (Wildman–Crippen LogP) is 5.05. The second kappa shape index (κ2) is 8.28. The molecule has 0 aliphatic heterocycles. The Morgan fingerprint density at radius 3 is 2.62 bits per heavy atom. The Kier molecular flexibility index (Phi) is 5.39. The summed E-state index contributed by atoms with van der Waals surface area (Å²) in [6.07, 6.45) is 1.54.